The van der Waals surface area contributed by atoms with E-state index in [2.05, 4.69) is 231 Å². The Hall–Kier alpha value is -8.06. The molecule has 64 heavy (non-hydrogen) atoms. The highest BCUT2D eigenvalue weighted by Gasteiger charge is 2.46. The Morgan fingerprint density at radius 3 is 1.17 bits per heavy atom. The van der Waals surface area contributed by atoms with Crippen LogP contribution in [0.2, 0.25) is 0 Å². The van der Waals surface area contributed by atoms with Gasteiger partial charge in [0, 0.05) is 0 Å². The monoisotopic (exact) mass is 808 g/mol. The van der Waals surface area contributed by atoms with Crippen LogP contribution in [0, 0.1) is 6.92 Å². The molecule has 0 aliphatic heterocycles. The summed E-state index contributed by atoms with van der Waals surface area (Å²) in [5, 5.41) is 15.7. The molecule has 0 aromatic heterocycles. The molecule has 296 valence electrons. The minimum Gasteiger partial charge on any atom is -0.0622 e. The zero-order valence-corrected chi connectivity index (χ0v) is 35.4. The van der Waals surface area contributed by atoms with Crippen LogP contribution < -0.4 is 0 Å². The molecule has 1 aliphatic carbocycles. The van der Waals surface area contributed by atoms with Gasteiger partial charge in [-0.1, -0.05) is 206 Å². The fourth-order valence-electron chi connectivity index (χ4n) is 11.8. The highest BCUT2D eigenvalue weighted by atomic mass is 14.5. The second-order valence-electron chi connectivity index (χ2n) is 18.0. The van der Waals surface area contributed by atoms with Crippen LogP contribution in [-0.4, -0.2) is 0 Å². The normalized spacial score (nSPS) is 13.2. The second kappa shape index (κ2) is 13.2. The molecule has 13 aromatic carbocycles. The first kappa shape index (κ1) is 35.5. The predicted octanol–water partition coefficient (Wildman–Crippen LogP) is 17.2. The van der Waals surface area contributed by atoms with Crippen molar-refractivity contribution in [1.29, 1.82) is 0 Å². The molecule has 0 saturated carbocycles. The average molecular weight is 809 g/mol. The van der Waals surface area contributed by atoms with Crippen molar-refractivity contribution < 1.29 is 0 Å². The maximum absolute atomic E-state index is 2.54. The summed E-state index contributed by atoms with van der Waals surface area (Å²) >= 11 is 0. The molecular formula is C64H40. The van der Waals surface area contributed by atoms with Gasteiger partial charge in [0.1, 0.15) is 0 Å². The Morgan fingerprint density at radius 1 is 0.266 bits per heavy atom. The van der Waals surface area contributed by atoms with Gasteiger partial charge in [-0.3, -0.25) is 0 Å². The van der Waals surface area contributed by atoms with Gasteiger partial charge in [0.05, 0.1) is 5.41 Å². The first-order chi connectivity index (χ1) is 31.6. The van der Waals surface area contributed by atoms with Crippen molar-refractivity contribution in [3.8, 4) is 44.5 Å². The molecule has 0 nitrogen and oxygen atoms in total. The molecule has 14 rings (SSSR count). The van der Waals surface area contributed by atoms with Crippen molar-refractivity contribution in [3.63, 3.8) is 0 Å². The highest BCUT2D eigenvalue weighted by Crippen LogP contribution is 2.58. The SMILES string of the molecule is Cc1ccc(C2(c3ccc(-c4ccccc4)cc3)c3cc(-c4cc5cccc6ccc7cccc4c7c65)ccc3-c3ccc(-c4cc5cccc6ccc7cccc4c7c65)cc32)cc1. The van der Waals surface area contributed by atoms with E-state index in [-0.39, 0.29) is 0 Å². The van der Waals surface area contributed by atoms with Gasteiger partial charge < -0.3 is 0 Å². The lowest BCUT2D eigenvalue weighted by Crippen LogP contribution is -2.28. The number of fused-ring (bicyclic) bond motifs is 3. The van der Waals surface area contributed by atoms with Crippen LogP contribution >= 0.6 is 0 Å². The van der Waals surface area contributed by atoms with Crippen molar-refractivity contribution in [1.82, 2.24) is 0 Å². The quantitative estimate of drug-likeness (QED) is 0.152. The summed E-state index contributed by atoms with van der Waals surface area (Å²) in [5.41, 5.74) is 15.8. The maximum Gasteiger partial charge on any atom is 0.0714 e. The first-order valence-corrected chi connectivity index (χ1v) is 22.5. The highest BCUT2D eigenvalue weighted by molar-refractivity contribution is 6.27. The van der Waals surface area contributed by atoms with Crippen LogP contribution in [0.5, 0.6) is 0 Å². The standard InChI is InChI=1S/C64H40/c1-39-19-29-50(30-20-39)64(51-31-25-41(26-32-51)40-9-3-2-4-10-40)58-37-46(56-35-48-15-5-11-42-21-23-44-13-7-17-54(56)62(44)60(42)48)27-33-52(58)53-34-28-47(38-59(53)64)57-36-49-16-6-12-43-22-24-45-14-8-18-55(57)63(45)61(43)49/h2-38H,1H3. The molecule has 13 aromatic rings. The molecule has 0 fully saturated rings. The van der Waals surface area contributed by atoms with E-state index in [4.69, 9.17) is 0 Å². The molecule has 0 amide bonds. The molecular weight excluding hydrogens is 769 g/mol. The Bertz CT molecular complexity index is 3790. The van der Waals surface area contributed by atoms with E-state index in [1.165, 1.54) is 137 Å². The third-order valence-electron chi connectivity index (χ3n) is 14.7. The van der Waals surface area contributed by atoms with Crippen molar-refractivity contribution in [3.05, 3.63) is 252 Å². The van der Waals surface area contributed by atoms with E-state index in [0.29, 0.717) is 0 Å². The van der Waals surface area contributed by atoms with Crippen molar-refractivity contribution in [2.75, 3.05) is 0 Å². The van der Waals surface area contributed by atoms with Crippen molar-refractivity contribution in [2.45, 2.75) is 12.3 Å². The lowest BCUT2D eigenvalue weighted by Gasteiger charge is -2.34. The summed E-state index contributed by atoms with van der Waals surface area (Å²) in [4.78, 5) is 0. The zero-order valence-electron chi connectivity index (χ0n) is 35.4. The Labute approximate surface area is 372 Å². The van der Waals surface area contributed by atoms with Crippen molar-refractivity contribution >= 4 is 64.6 Å². The van der Waals surface area contributed by atoms with E-state index in [9.17, 15) is 0 Å². The number of hydrogen-bond acceptors (Lipinski definition) is 0. The summed E-state index contributed by atoms with van der Waals surface area (Å²) in [6.45, 7) is 2.20. The summed E-state index contributed by atoms with van der Waals surface area (Å²) < 4.78 is 0. The zero-order chi connectivity index (χ0) is 42.1. The maximum atomic E-state index is 2.54. The van der Waals surface area contributed by atoms with Gasteiger partial charge in [-0.05, 0) is 163 Å². The fourth-order valence-corrected chi connectivity index (χ4v) is 11.8. The molecule has 0 heteroatoms. The summed E-state index contributed by atoms with van der Waals surface area (Å²) in [6, 6.07) is 85.3. The Balaban J connectivity index is 1.07. The Morgan fingerprint density at radius 2 is 0.672 bits per heavy atom. The molecule has 0 unspecified atom stereocenters. The van der Waals surface area contributed by atoms with Gasteiger partial charge >= 0.3 is 0 Å². The van der Waals surface area contributed by atoms with Gasteiger partial charge in [0.2, 0.25) is 0 Å². The van der Waals surface area contributed by atoms with Gasteiger partial charge in [-0.25, -0.2) is 0 Å². The van der Waals surface area contributed by atoms with Gasteiger partial charge in [-0.2, -0.15) is 0 Å². The molecule has 0 bridgehead atoms. The Kier molecular flexibility index (Phi) is 7.34. The summed E-state index contributed by atoms with van der Waals surface area (Å²) in [6.07, 6.45) is 0. The topological polar surface area (TPSA) is 0 Å². The number of hydrogen-bond donors (Lipinski definition) is 0. The number of benzene rings is 13. The molecule has 0 spiro atoms. The van der Waals surface area contributed by atoms with Gasteiger partial charge in [-0.15, -0.1) is 0 Å². The van der Waals surface area contributed by atoms with Crippen LogP contribution in [0.25, 0.3) is 109 Å². The lowest BCUT2D eigenvalue weighted by molar-refractivity contribution is 0.769. The van der Waals surface area contributed by atoms with Gasteiger partial charge in [0.15, 0.2) is 0 Å². The third kappa shape index (κ3) is 4.88. The van der Waals surface area contributed by atoms with Gasteiger partial charge in [0.25, 0.3) is 0 Å². The van der Waals surface area contributed by atoms with Crippen LogP contribution in [-0.2, 0) is 5.41 Å². The molecule has 0 saturated heterocycles. The van der Waals surface area contributed by atoms with E-state index in [1.807, 2.05) is 0 Å². The van der Waals surface area contributed by atoms with E-state index >= 15 is 0 Å². The summed E-state index contributed by atoms with van der Waals surface area (Å²) in [7, 11) is 0. The van der Waals surface area contributed by atoms with Crippen LogP contribution in [0.15, 0.2) is 224 Å². The third-order valence-corrected chi connectivity index (χ3v) is 14.7. The molecule has 1 aliphatic rings. The molecule has 0 N–H and O–H groups in total. The van der Waals surface area contributed by atoms with Crippen LogP contribution in [0.1, 0.15) is 27.8 Å². The van der Waals surface area contributed by atoms with Crippen LogP contribution in [0.4, 0.5) is 0 Å². The fraction of sp³-hybridized carbons (Fsp3) is 0.0312. The number of rotatable bonds is 5. The number of aryl methyl sites for hydroxylation is 1. The molecule has 0 atom stereocenters. The van der Waals surface area contributed by atoms with Crippen molar-refractivity contribution in [2.24, 2.45) is 0 Å². The minimum atomic E-state index is -0.613. The average Bonchev–Trinajstić information content (AvgIpc) is 3.65. The minimum absolute atomic E-state index is 0.613. The predicted molar refractivity (Wildman–Crippen MR) is 272 cm³/mol. The lowest BCUT2D eigenvalue weighted by atomic mass is 9.66. The second-order valence-corrected chi connectivity index (χ2v) is 18.0. The van der Waals surface area contributed by atoms with E-state index < -0.39 is 5.41 Å². The van der Waals surface area contributed by atoms with E-state index in [0.717, 1.165) is 0 Å². The largest absolute Gasteiger partial charge is 0.0714 e. The first-order valence-electron chi connectivity index (χ1n) is 22.5. The molecule has 0 radical (unpaired) electrons. The van der Waals surface area contributed by atoms with Crippen LogP contribution in [0.3, 0.4) is 0 Å². The smallest absolute Gasteiger partial charge is 0.0622 e. The van der Waals surface area contributed by atoms with E-state index in [1.54, 1.807) is 0 Å². The molecule has 0 heterocycles. The summed E-state index contributed by atoms with van der Waals surface area (Å²) in [5.74, 6) is 0.